The zero-order valence-corrected chi connectivity index (χ0v) is 10.0. The molecule has 1 aliphatic rings. The molecule has 0 radical (unpaired) electrons. The Morgan fingerprint density at radius 2 is 2.06 bits per heavy atom. The molecule has 0 unspecified atom stereocenters. The Morgan fingerprint density at radius 1 is 1.35 bits per heavy atom. The molecule has 0 aliphatic carbocycles. The summed E-state index contributed by atoms with van der Waals surface area (Å²) in [6.45, 7) is 2.54. The number of rotatable bonds is 3. The van der Waals surface area contributed by atoms with Crippen LogP contribution in [0.1, 0.15) is 6.42 Å². The van der Waals surface area contributed by atoms with Gasteiger partial charge in [-0.1, -0.05) is 0 Å². The second kappa shape index (κ2) is 5.13. The Labute approximate surface area is 102 Å². The van der Waals surface area contributed by atoms with Crippen molar-refractivity contribution >= 4 is 28.3 Å². The molecule has 0 saturated carbocycles. The summed E-state index contributed by atoms with van der Waals surface area (Å²) in [6, 6.07) is 0. The fourth-order valence-electron chi connectivity index (χ4n) is 1.76. The van der Waals surface area contributed by atoms with Gasteiger partial charge in [0.15, 0.2) is 5.13 Å². The second-order valence-electron chi connectivity index (χ2n) is 3.75. The maximum absolute atomic E-state index is 11.5. The number of hydrogen-bond donors (Lipinski definition) is 1. The normalized spacial score (nSPS) is 16.0. The van der Waals surface area contributed by atoms with Crippen LogP contribution in [0.5, 0.6) is 0 Å². The lowest BCUT2D eigenvalue weighted by atomic mass is 10.3. The topological polar surface area (TPSA) is 73.7 Å². The number of hydrogen-bond acceptors (Lipinski definition) is 5. The fraction of sp³-hybridized carbons (Fsp3) is 0.500. The lowest BCUT2D eigenvalue weighted by Crippen LogP contribution is -2.49. The first-order valence-corrected chi connectivity index (χ1v) is 6.19. The van der Waals surface area contributed by atoms with Gasteiger partial charge in [-0.3, -0.25) is 9.59 Å². The molecule has 0 spiro atoms. The van der Waals surface area contributed by atoms with Crippen molar-refractivity contribution in [1.82, 2.24) is 9.88 Å². The highest BCUT2D eigenvalue weighted by Crippen LogP contribution is 2.18. The van der Waals surface area contributed by atoms with E-state index >= 15 is 0 Å². The predicted octanol–water partition coefficient (Wildman–Crippen LogP) is 0.266. The van der Waals surface area contributed by atoms with Gasteiger partial charge in [-0.25, -0.2) is 4.98 Å². The van der Waals surface area contributed by atoms with E-state index in [0.29, 0.717) is 26.2 Å². The van der Waals surface area contributed by atoms with E-state index in [1.165, 1.54) is 0 Å². The summed E-state index contributed by atoms with van der Waals surface area (Å²) in [7, 11) is 0. The smallest absolute Gasteiger partial charge is 0.312 e. The lowest BCUT2D eigenvalue weighted by Gasteiger charge is -2.34. The van der Waals surface area contributed by atoms with E-state index in [9.17, 15) is 9.59 Å². The summed E-state index contributed by atoms with van der Waals surface area (Å²) >= 11 is 1.57. The number of carboxylic acids is 1. The number of aromatic nitrogens is 1. The summed E-state index contributed by atoms with van der Waals surface area (Å²) in [5, 5.41) is 11.4. The molecule has 0 bridgehead atoms. The number of aliphatic carboxylic acids is 1. The molecular weight excluding hydrogens is 242 g/mol. The van der Waals surface area contributed by atoms with Crippen LogP contribution in [0.15, 0.2) is 11.6 Å². The van der Waals surface area contributed by atoms with Crippen molar-refractivity contribution in [3.63, 3.8) is 0 Å². The number of thiazole rings is 1. The molecule has 1 saturated heterocycles. The highest BCUT2D eigenvalue weighted by Gasteiger charge is 2.23. The van der Waals surface area contributed by atoms with Crippen molar-refractivity contribution < 1.29 is 14.7 Å². The van der Waals surface area contributed by atoms with Gasteiger partial charge in [-0.05, 0) is 0 Å². The van der Waals surface area contributed by atoms with Crippen LogP contribution in [0.4, 0.5) is 5.13 Å². The molecular formula is C10H13N3O3S. The zero-order valence-electron chi connectivity index (χ0n) is 9.20. The van der Waals surface area contributed by atoms with Crippen LogP contribution in [0.3, 0.4) is 0 Å². The molecule has 1 aromatic heterocycles. The van der Waals surface area contributed by atoms with Gasteiger partial charge in [0.05, 0.1) is 0 Å². The van der Waals surface area contributed by atoms with Crippen molar-refractivity contribution in [2.24, 2.45) is 0 Å². The summed E-state index contributed by atoms with van der Waals surface area (Å²) < 4.78 is 0. The molecule has 6 nitrogen and oxygen atoms in total. The van der Waals surface area contributed by atoms with Crippen LogP contribution in [-0.4, -0.2) is 53.0 Å². The average Bonchev–Trinajstić information content (AvgIpc) is 2.82. The molecule has 17 heavy (non-hydrogen) atoms. The number of carbonyl (C=O) groups is 2. The van der Waals surface area contributed by atoms with Gasteiger partial charge in [-0.2, -0.15) is 0 Å². The molecule has 0 aromatic carbocycles. The van der Waals surface area contributed by atoms with E-state index in [1.807, 2.05) is 5.38 Å². The Kier molecular flexibility index (Phi) is 3.58. The van der Waals surface area contributed by atoms with Crippen LogP contribution in [0.2, 0.25) is 0 Å². The number of nitrogens with zero attached hydrogens (tertiary/aromatic N) is 3. The van der Waals surface area contributed by atoms with Crippen LogP contribution >= 0.6 is 11.3 Å². The van der Waals surface area contributed by atoms with E-state index in [0.717, 1.165) is 5.13 Å². The standard InChI is InChI=1S/C10H13N3O3S/c14-8(7-9(15)16)12-2-4-13(5-3-12)10-11-1-6-17-10/h1,6H,2-5,7H2,(H,15,16). The summed E-state index contributed by atoms with van der Waals surface area (Å²) in [4.78, 5) is 29.9. The molecule has 1 aromatic rings. The number of anilines is 1. The van der Waals surface area contributed by atoms with Crippen LogP contribution in [0.25, 0.3) is 0 Å². The fourth-order valence-corrected chi connectivity index (χ4v) is 2.46. The highest BCUT2D eigenvalue weighted by atomic mass is 32.1. The van der Waals surface area contributed by atoms with Crippen molar-refractivity contribution in [3.05, 3.63) is 11.6 Å². The van der Waals surface area contributed by atoms with Crippen LogP contribution < -0.4 is 4.90 Å². The largest absolute Gasteiger partial charge is 0.481 e. The third kappa shape index (κ3) is 2.94. The third-order valence-corrected chi connectivity index (χ3v) is 3.46. The molecule has 2 heterocycles. The first-order chi connectivity index (χ1) is 8.16. The van der Waals surface area contributed by atoms with E-state index < -0.39 is 12.4 Å². The number of carbonyl (C=O) groups excluding carboxylic acids is 1. The quantitative estimate of drug-likeness (QED) is 0.785. The van der Waals surface area contributed by atoms with Gasteiger partial charge in [0, 0.05) is 37.8 Å². The minimum absolute atomic E-state index is 0.309. The molecule has 1 N–H and O–H groups in total. The molecule has 1 fully saturated rings. The van der Waals surface area contributed by atoms with Crippen LogP contribution in [-0.2, 0) is 9.59 Å². The van der Waals surface area contributed by atoms with Gasteiger partial charge >= 0.3 is 5.97 Å². The van der Waals surface area contributed by atoms with E-state index in [4.69, 9.17) is 5.11 Å². The third-order valence-electron chi connectivity index (χ3n) is 2.62. The molecule has 92 valence electrons. The average molecular weight is 255 g/mol. The lowest BCUT2D eigenvalue weighted by molar-refractivity contribution is -0.144. The SMILES string of the molecule is O=C(O)CC(=O)N1CCN(c2nccs2)CC1. The van der Waals surface area contributed by atoms with Gasteiger partial charge in [0.1, 0.15) is 6.42 Å². The van der Waals surface area contributed by atoms with Gasteiger partial charge in [-0.15, -0.1) is 11.3 Å². The molecule has 1 amide bonds. The predicted molar refractivity (Wildman–Crippen MR) is 63.2 cm³/mol. The van der Waals surface area contributed by atoms with Crippen molar-refractivity contribution in [3.8, 4) is 0 Å². The zero-order chi connectivity index (χ0) is 12.3. The Morgan fingerprint density at radius 3 is 2.59 bits per heavy atom. The van der Waals surface area contributed by atoms with Crippen molar-refractivity contribution in [2.75, 3.05) is 31.1 Å². The summed E-state index contributed by atoms with van der Waals surface area (Å²) in [5.41, 5.74) is 0. The first kappa shape index (κ1) is 11.8. The highest BCUT2D eigenvalue weighted by molar-refractivity contribution is 7.13. The molecule has 1 aliphatic heterocycles. The number of amides is 1. The minimum Gasteiger partial charge on any atom is -0.481 e. The van der Waals surface area contributed by atoms with Gasteiger partial charge in [0.25, 0.3) is 0 Å². The van der Waals surface area contributed by atoms with Gasteiger partial charge < -0.3 is 14.9 Å². The Hall–Kier alpha value is -1.63. The monoisotopic (exact) mass is 255 g/mol. The second-order valence-corrected chi connectivity index (χ2v) is 4.63. The van der Waals surface area contributed by atoms with Crippen LogP contribution in [0, 0.1) is 0 Å². The summed E-state index contributed by atoms with van der Waals surface area (Å²) in [5.74, 6) is -1.38. The van der Waals surface area contributed by atoms with Crippen molar-refractivity contribution in [2.45, 2.75) is 6.42 Å². The molecule has 0 atom stereocenters. The van der Waals surface area contributed by atoms with E-state index in [-0.39, 0.29) is 5.91 Å². The maximum Gasteiger partial charge on any atom is 0.312 e. The number of carboxylic acid groups (broad SMARTS) is 1. The molecule has 7 heteroatoms. The minimum atomic E-state index is -1.07. The maximum atomic E-state index is 11.5. The van der Waals surface area contributed by atoms with Crippen molar-refractivity contribution in [1.29, 1.82) is 0 Å². The van der Waals surface area contributed by atoms with E-state index in [2.05, 4.69) is 9.88 Å². The molecule has 2 rings (SSSR count). The number of piperazine rings is 1. The Balaban J connectivity index is 1.86. The van der Waals surface area contributed by atoms with Gasteiger partial charge in [0.2, 0.25) is 5.91 Å². The Bertz CT molecular complexity index is 399. The first-order valence-electron chi connectivity index (χ1n) is 5.31. The summed E-state index contributed by atoms with van der Waals surface area (Å²) in [6.07, 6.45) is 1.33. The van der Waals surface area contributed by atoms with E-state index in [1.54, 1.807) is 22.4 Å².